The summed E-state index contributed by atoms with van der Waals surface area (Å²) in [7, 11) is 3.98. The van der Waals surface area contributed by atoms with Crippen LogP contribution in [0.1, 0.15) is 84.1 Å². The highest BCUT2D eigenvalue weighted by atomic mass is 19.1. The number of carboxylic acids is 1. The predicted octanol–water partition coefficient (Wildman–Crippen LogP) is 6.09. The monoisotopic (exact) mass is 603 g/mol. The Morgan fingerprint density at radius 1 is 1.02 bits per heavy atom. The van der Waals surface area contributed by atoms with Crippen LogP contribution in [0.2, 0.25) is 0 Å². The third kappa shape index (κ3) is 7.65. The molecule has 3 aromatic rings. The second-order valence-corrected chi connectivity index (χ2v) is 13.1. The number of nitrogens with zero attached hydrogens (tertiary/aromatic N) is 2. The molecule has 0 saturated carbocycles. The number of halogens is 1. The van der Waals surface area contributed by atoms with Gasteiger partial charge < -0.3 is 19.9 Å². The number of aromatic nitrogens is 1. The molecular formula is C36H46FN3O4. The zero-order valence-corrected chi connectivity index (χ0v) is 27.1. The average molecular weight is 604 g/mol. The molecule has 1 amide bonds. The van der Waals surface area contributed by atoms with Crippen molar-refractivity contribution in [2.45, 2.75) is 85.2 Å². The van der Waals surface area contributed by atoms with E-state index in [9.17, 15) is 23.9 Å². The number of carbonyl (C=O) groups is 2. The molecule has 0 unspecified atom stereocenters. The first-order valence-electron chi connectivity index (χ1n) is 15.6. The number of carboxylic acid groups (broad SMARTS) is 1. The highest BCUT2D eigenvalue weighted by molar-refractivity contribution is 5.82. The van der Waals surface area contributed by atoms with E-state index in [1.807, 2.05) is 60.8 Å². The molecule has 236 valence electrons. The molecule has 8 heteroatoms. The number of aliphatic carboxylic acids is 1. The lowest BCUT2D eigenvalue weighted by Gasteiger charge is -2.27. The molecule has 0 spiro atoms. The van der Waals surface area contributed by atoms with Gasteiger partial charge in [-0.2, -0.15) is 0 Å². The zero-order valence-electron chi connectivity index (χ0n) is 27.1. The minimum atomic E-state index is -1.04. The summed E-state index contributed by atoms with van der Waals surface area (Å²) in [4.78, 5) is 41.5. The van der Waals surface area contributed by atoms with Crippen LogP contribution in [0.5, 0.6) is 0 Å². The van der Waals surface area contributed by atoms with Crippen LogP contribution in [0.4, 0.5) is 4.39 Å². The third-order valence-electron chi connectivity index (χ3n) is 8.66. The van der Waals surface area contributed by atoms with E-state index in [4.69, 9.17) is 0 Å². The van der Waals surface area contributed by atoms with Crippen molar-refractivity contribution in [3.05, 3.63) is 91.6 Å². The number of hydrogen-bond donors (Lipinski definition) is 2. The van der Waals surface area contributed by atoms with Gasteiger partial charge in [0.2, 0.25) is 5.91 Å². The van der Waals surface area contributed by atoms with E-state index < -0.39 is 18.1 Å². The first kappa shape index (κ1) is 33.1. The van der Waals surface area contributed by atoms with Gasteiger partial charge in [0, 0.05) is 18.8 Å². The molecular weight excluding hydrogens is 557 g/mol. The summed E-state index contributed by atoms with van der Waals surface area (Å²) < 4.78 is 15.7. The van der Waals surface area contributed by atoms with Crippen LogP contribution in [-0.4, -0.2) is 47.1 Å². The minimum Gasteiger partial charge on any atom is -0.481 e. The van der Waals surface area contributed by atoms with Crippen LogP contribution in [0.3, 0.4) is 0 Å². The smallest absolute Gasteiger partial charge is 0.305 e. The molecule has 1 heterocycles. The zero-order chi connectivity index (χ0) is 32.3. The van der Waals surface area contributed by atoms with Gasteiger partial charge in [-0.05, 0) is 141 Å². The fraction of sp³-hybridized carbons (Fsp3) is 0.472. The first-order chi connectivity index (χ1) is 20.7. The Morgan fingerprint density at radius 2 is 1.70 bits per heavy atom. The Labute approximate surface area is 260 Å². The Balaban J connectivity index is 1.77. The molecule has 7 nitrogen and oxygen atoms in total. The summed E-state index contributed by atoms with van der Waals surface area (Å²) in [6, 6.07) is 7.01. The van der Waals surface area contributed by atoms with Crippen molar-refractivity contribution < 1.29 is 19.1 Å². The van der Waals surface area contributed by atoms with E-state index in [2.05, 4.69) is 10.2 Å². The van der Waals surface area contributed by atoms with E-state index in [0.717, 1.165) is 71.2 Å². The highest BCUT2D eigenvalue weighted by Gasteiger charge is 2.29. The van der Waals surface area contributed by atoms with Gasteiger partial charge in [0.25, 0.3) is 5.56 Å². The molecule has 0 fully saturated rings. The maximum Gasteiger partial charge on any atom is 0.305 e. The molecule has 44 heavy (non-hydrogen) atoms. The predicted molar refractivity (Wildman–Crippen MR) is 173 cm³/mol. The number of likely N-dealkylation sites (N-methyl/N-ethyl adjacent to an activating group) is 1. The van der Waals surface area contributed by atoms with Gasteiger partial charge in [0.05, 0.1) is 12.5 Å². The Morgan fingerprint density at radius 3 is 2.32 bits per heavy atom. The number of fused-ring (bicyclic) bond motifs is 1. The SMILES string of the molecule is Cc1cc(=O)n([C@H](CC(C)C)C(=O)N[C@H](CC(=O)O)c2cc3c(c(-c4c(C)cc(F)cc4C)c2)CCC3)cc1CCN(C)C. The molecule has 1 aromatic heterocycles. The average Bonchev–Trinajstić information content (AvgIpc) is 3.39. The number of nitrogens with one attached hydrogen (secondary N) is 1. The van der Waals surface area contributed by atoms with Gasteiger partial charge in [0.1, 0.15) is 11.9 Å². The van der Waals surface area contributed by atoms with Crippen molar-refractivity contribution in [1.82, 2.24) is 14.8 Å². The molecule has 1 aliphatic rings. The number of hydrogen-bond acceptors (Lipinski definition) is 4. The summed E-state index contributed by atoms with van der Waals surface area (Å²) in [5, 5.41) is 13.0. The van der Waals surface area contributed by atoms with Gasteiger partial charge in [-0.1, -0.05) is 19.9 Å². The molecule has 2 atom stereocenters. The summed E-state index contributed by atoms with van der Waals surface area (Å²) in [6.45, 7) is 10.5. The van der Waals surface area contributed by atoms with Crippen molar-refractivity contribution in [2.75, 3.05) is 20.6 Å². The van der Waals surface area contributed by atoms with E-state index in [-0.39, 0.29) is 29.6 Å². The van der Waals surface area contributed by atoms with Crippen LogP contribution in [0, 0.1) is 32.5 Å². The van der Waals surface area contributed by atoms with Gasteiger partial charge in [0.15, 0.2) is 0 Å². The topological polar surface area (TPSA) is 91.6 Å². The fourth-order valence-corrected chi connectivity index (χ4v) is 6.51. The Bertz CT molecular complexity index is 1580. The fourth-order valence-electron chi connectivity index (χ4n) is 6.51. The van der Waals surface area contributed by atoms with E-state index >= 15 is 0 Å². The van der Waals surface area contributed by atoms with Crippen LogP contribution >= 0.6 is 0 Å². The van der Waals surface area contributed by atoms with Gasteiger partial charge >= 0.3 is 5.97 Å². The molecule has 4 rings (SSSR count). The maximum absolute atomic E-state index is 14.2. The summed E-state index contributed by atoms with van der Waals surface area (Å²) in [5.41, 5.74) is 8.19. The van der Waals surface area contributed by atoms with Gasteiger partial charge in [-0.25, -0.2) is 4.39 Å². The lowest BCUT2D eigenvalue weighted by Crippen LogP contribution is -2.40. The first-order valence-corrected chi connectivity index (χ1v) is 15.6. The lowest BCUT2D eigenvalue weighted by molar-refractivity contribution is -0.138. The molecule has 2 N–H and O–H groups in total. The summed E-state index contributed by atoms with van der Waals surface area (Å²) in [6.07, 6.45) is 5.37. The molecule has 1 aliphatic carbocycles. The van der Waals surface area contributed by atoms with E-state index in [1.165, 1.54) is 22.3 Å². The van der Waals surface area contributed by atoms with Crippen molar-refractivity contribution in [3.63, 3.8) is 0 Å². The molecule has 0 radical (unpaired) electrons. The quantitative estimate of drug-likeness (QED) is 0.261. The second-order valence-electron chi connectivity index (χ2n) is 13.1. The standard InChI is InChI=1S/C36H46FN3O4/c1-21(2)13-32(40-20-26(11-12-39(6)7)22(3)16-33(40)41)36(44)38-31(19-34(42)43)27-17-25-9-8-10-29(25)30(18-27)35-23(4)14-28(37)15-24(35)5/h14-18,20-21,31-32H,8-13,19H2,1-7H3,(H,38,44)(H,42,43)/t31-,32-/m1/s1. The number of pyridine rings is 1. The van der Waals surface area contributed by atoms with Crippen molar-refractivity contribution in [3.8, 4) is 11.1 Å². The van der Waals surface area contributed by atoms with Crippen LogP contribution in [0.25, 0.3) is 11.1 Å². The molecule has 0 saturated heterocycles. The normalized spacial score (nSPS) is 14.1. The Hall–Kier alpha value is -3.78. The second kappa shape index (κ2) is 13.9. The molecule has 0 aliphatic heterocycles. The number of amides is 1. The number of carbonyl (C=O) groups excluding carboxylic acids is 1. The third-order valence-corrected chi connectivity index (χ3v) is 8.66. The summed E-state index contributed by atoms with van der Waals surface area (Å²) in [5.74, 6) is -1.60. The Kier molecular flexibility index (Phi) is 10.5. The molecule has 2 aromatic carbocycles. The minimum absolute atomic E-state index is 0.109. The van der Waals surface area contributed by atoms with Crippen molar-refractivity contribution in [2.24, 2.45) is 5.92 Å². The summed E-state index contributed by atoms with van der Waals surface area (Å²) >= 11 is 0. The largest absolute Gasteiger partial charge is 0.481 e. The van der Waals surface area contributed by atoms with Gasteiger partial charge in [-0.3, -0.25) is 14.4 Å². The molecule has 0 bridgehead atoms. The maximum atomic E-state index is 14.2. The number of rotatable bonds is 12. The van der Waals surface area contributed by atoms with Crippen molar-refractivity contribution >= 4 is 11.9 Å². The van der Waals surface area contributed by atoms with E-state index in [1.54, 1.807) is 12.3 Å². The van der Waals surface area contributed by atoms with Crippen molar-refractivity contribution in [1.29, 1.82) is 0 Å². The van der Waals surface area contributed by atoms with Crippen LogP contribution < -0.4 is 10.9 Å². The van der Waals surface area contributed by atoms with Gasteiger partial charge in [-0.15, -0.1) is 0 Å². The number of benzene rings is 2. The van der Waals surface area contributed by atoms with Crippen LogP contribution in [-0.2, 0) is 28.9 Å². The van der Waals surface area contributed by atoms with E-state index in [0.29, 0.717) is 12.0 Å². The number of aryl methyl sites for hydroxylation is 4. The highest BCUT2D eigenvalue weighted by Crippen LogP contribution is 2.39. The van der Waals surface area contributed by atoms with Crippen LogP contribution in [0.15, 0.2) is 41.3 Å². The lowest BCUT2D eigenvalue weighted by atomic mass is 9.87.